The molecule has 0 atom stereocenters. The lowest BCUT2D eigenvalue weighted by Crippen LogP contribution is -2.17. The average molecular weight is 438 g/mol. The lowest BCUT2D eigenvalue weighted by molar-refractivity contribution is 0.658. The van der Waals surface area contributed by atoms with Crippen molar-refractivity contribution in [2.24, 2.45) is 0 Å². The van der Waals surface area contributed by atoms with Crippen molar-refractivity contribution in [3.05, 3.63) is 113 Å². The molecule has 0 amide bonds. The highest BCUT2D eigenvalue weighted by Gasteiger charge is 2.39. The SMILES string of the molecule is CC1(C)c2ccccc2-c2cc(-c3nccc4c3C(C)(C)c3cc5ccccc5cc3-4)ccc21. The Morgan fingerprint density at radius 3 is 2.03 bits per heavy atom. The fourth-order valence-corrected chi connectivity index (χ4v) is 6.52. The Morgan fingerprint density at radius 1 is 0.529 bits per heavy atom. The summed E-state index contributed by atoms with van der Waals surface area (Å²) in [6.07, 6.45) is 1.99. The van der Waals surface area contributed by atoms with Gasteiger partial charge >= 0.3 is 0 Å². The molecule has 5 aromatic rings. The Balaban J connectivity index is 1.47. The molecule has 1 aromatic heterocycles. The lowest BCUT2D eigenvalue weighted by atomic mass is 9.79. The maximum Gasteiger partial charge on any atom is 0.0749 e. The van der Waals surface area contributed by atoms with Crippen LogP contribution in [0.1, 0.15) is 49.9 Å². The monoisotopic (exact) mass is 437 g/mol. The molecule has 2 aliphatic carbocycles. The highest BCUT2D eigenvalue weighted by molar-refractivity contribution is 5.96. The van der Waals surface area contributed by atoms with E-state index in [1.54, 1.807) is 0 Å². The molecule has 0 bridgehead atoms. The minimum absolute atomic E-state index is 0.0200. The van der Waals surface area contributed by atoms with Crippen LogP contribution in [0.15, 0.2) is 91.1 Å². The van der Waals surface area contributed by atoms with E-state index in [1.807, 2.05) is 6.20 Å². The van der Waals surface area contributed by atoms with Crippen LogP contribution >= 0.6 is 0 Å². The van der Waals surface area contributed by atoms with Gasteiger partial charge in [0, 0.05) is 22.6 Å². The normalized spacial score (nSPS) is 16.1. The molecule has 2 aliphatic rings. The third kappa shape index (κ3) is 2.42. The number of nitrogens with zero attached hydrogens (tertiary/aromatic N) is 1. The maximum absolute atomic E-state index is 4.99. The zero-order chi connectivity index (χ0) is 23.2. The number of pyridine rings is 1. The van der Waals surface area contributed by atoms with E-state index in [9.17, 15) is 0 Å². The van der Waals surface area contributed by atoms with Gasteiger partial charge in [-0.3, -0.25) is 4.98 Å². The van der Waals surface area contributed by atoms with Crippen molar-refractivity contribution < 1.29 is 0 Å². The first-order valence-electron chi connectivity index (χ1n) is 12.2. The summed E-state index contributed by atoms with van der Waals surface area (Å²) in [4.78, 5) is 4.99. The van der Waals surface area contributed by atoms with Crippen molar-refractivity contribution in [2.45, 2.75) is 38.5 Å². The fourth-order valence-electron chi connectivity index (χ4n) is 6.52. The van der Waals surface area contributed by atoms with Crippen LogP contribution in [0.25, 0.3) is 44.3 Å². The molecule has 164 valence electrons. The predicted octanol–water partition coefficient (Wildman–Crippen LogP) is 8.51. The molecule has 0 fully saturated rings. The largest absolute Gasteiger partial charge is 0.256 e. The molecular formula is C33H27N. The van der Waals surface area contributed by atoms with E-state index in [2.05, 4.69) is 113 Å². The van der Waals surface area contributed by atoms with Crippen LogP contribution in [0.4, 0.5) is 0 Å². The van der Waals surface area contributed by atoms with E-state index in [1.165, 1.54) is 60.8 Å². The van der Waals surface area contributed by atoms with Crippen LogP contribution in [-0.4, -0.2) is 4.98 Å². The van der Waals surface area contributed by atoms with Gasteiger partial charge in [-0.1, -0.05) is 88.4 Å². The first-order chi connectivity index (χ1) is 16.4. The Labute approximate surface area is 201 Å². The minimum atomic E-state index is -0.117. The Morgan fingerprint density at radius 2 is 1.21 bits per heavy atom. The first kappa shape index (κ1) is 19.7. The molecular weight excluding hydrogens is 410 g/mol. The van der Waals surface area contributed by atoms with E-state index in [-0.39, 0.29) is 10.8 Å². The fraction of sp³-hybridized carbons (Fsp3) is 0.182. The molecule has 1 heterocycles. The van der Waals surface area contributed by atoms with E-state index >= 15 is 0 Å². The predicted molar refractivity (Wildman–Crippen MR) is 142 cm³/mol. The standard InChI is InChI=1S/C33H27N/c1-32(2)27-12-8-7-11-23(27)25-18-22(13-14-28(25)32)31-30-24(15-16-34-31)26-17-20-9-5-6-10-21(20)19-29(26)33(30,3)4/h5-19H,1-4H3. The Kier molecular flexibility index (Phi) is 3.74. The van der Waals surface area contributed by atoms with Gasteiger partial charge in [-0.15, -0.1) is 0 Å². The van der Waals surface area contributed by atoms with Gasteiger partial charge in [-0.2, -0.15) is 0 Å². The van der Waals surface area contributed by atoms with Crippen molar-refractivity contribution >= 4 is 10.8 Å². The van der Waals surface area contributed by atoms with Crippen LogP contribution in [-0.2, 0) is 10.8 Å². The number of rotatable bonds is 1. The minimum Gasteiger partial charge on any atom is -0.256 e. The summed E-state index contributed by atoms with van der Waals surface area (Å²) in [5, 5.41) is 2.59. The molecule has 1 heteroatoms. The number of hydrogen-bond acceptors (Lipinski definition) is 1. The van der Waals surface area contributed by atoms with Crippen LogP contribution in [0.2, 0.25) is 0 Å². The van der Waals surface area contributed by atoms with Gasteiger partial charge in [0.05, 0.1) is 5.69 Å². The van der Waals surface area contributed by atoms with Gasteiger partial charge in [0.15, 0.2) is 0 Å². The summed E-state index contributed by atoms with van der Waals surface area (Å²) >= 11 is 0. The van der Waals surface area contributed by atoms with Crippen LogP contribution in [0.5, 0.6) is 0 Å². The van der Waals surface area contributed by atoms with Crippen molar-refractivity contribution in [3.63, 3.8) is 0 Å². The Bertz CT molecular complexity index is 1650. The lowest BCUT2D eigenvalue weighted by Gasteiger charge is -2.24. The summed E-state index contributed by atoms with van der Waals surface area (Å²) in [6, 6.07) is 31.5. The van der Waals surface area contributed by atoms with Crippen molar-refractivity contribution in [1.29, 1.82) is 0 Å². The second kappa shape index (κ2) is 6.45. The second-order valence-electron chi connectivity index (χ2n) is 10.9. The summed E-state index contributed by atoms with van der Waals surface area (Å²) in [6.45, 7) is 9.37. The zero-order valence-electron chi connectivity index (χ0n) is 20.1. The molecule has 0 saturated carbocycles. The third-order valence-electron chi connectivity index (χ3n) is 8.28. The van der Waals surface area contributed by atoms with Crippen molar-refractivity contribution in [3.8, 4) is 33.5 Å². The van der Waals surface area contributed by atoms with Crippen molar-refractivity contribution in [2.75, 3.05) is 0 Å². The molecule has 0 N–H and O–H groups in total. The molecule has 0 aliphatic heterocycles. The van der Waals surface area contributed by atoms with Crippen molar-refractivity contribution in [1.82, 2.24) is 4.98 Å². The molecule has 7 rings (SSSR count). The summed E-state index contributed by atoms with van der Waals surface area (Å²) < 4.78 is 0. The molecule has 4 aromatic carbocycles. The van der Waals surface area contributed by atoms with E-state index in [0.29, 0.717) is 0 Å². The topological polar surface area (TPSA) is 12.9 Å². The van der Waals surface area contributed by atoms with Gasteiger partial charge < -0.3 is 0 Å². The van der Waals surface area contributed by atoms with E-state index in [4.69, 9.17) is 4.98 Å². The number of fused-ring (bicyclic) bond motifs is 7. The van der Waals surface area contributed by atoms with Gasteiger partial charge in [-0.05, 0) is 79.5 Å². The summed E-state index contributed by atoms with van der Waals surface area (Å²) in [7, 11) is 0. The molecule has 0 radical (unpaired) electrons. The maximum atomic E-state index is 4.99. The van der Waals surface area contributed by atoms with Crippen LogP contribution < -0.4 is 0 Å². The molecule has 0 unspecified atom stereocenters. The average Bonchev–Trinajstić information content (AvgIpc) is 3.22. The molecule has 34 heavy (non-hydrogen) atoms. The quantitative estimate of drug-likeness (QED) is 0.256. The Hall–Kier alpha value is -3.71. The van der Waals surface area contributed by atoms with Gasteiger partial charge in [-0.25, -0.2) is 0 Å². The summed E-state index contributed by atoms with van der Waals surface area (Å²) in [5.74, 6) is 0. The first-order valence-corrected chi connectivity index (χ1v) is 12.2. The van der Waals surface area contributed by atoms with Crippen LogP contribution in [0.3, 0.4) is 0 Å². The number of aromatic nitrogens is 1. The van der Waals surface area contributed by atoms with Gasteiger partial charge in [0.25, 0.3) is 0 Å². The van der Waals surface area contributed by atoms with E-state index < -0.39 is 0 Å². The third-order valence-corrected chi connectivity index (χ3v) is 8.28. The van der Waals surface area contributed by atoms with Gasteiger partial charge in [0.2, 0.25) is 0 Å². The van der Waals surface area contributed by atoms with Crippen LogP contribution in [0, 0.1) is 0 Å². The number of hydrogen-bond donors (Lipinski definition) is 0. The second-order valence-corrected chi connectivity index (χ2v) is 10.9. The highest BCUT2D eigenvalue weighted by Crippen LogP contribution is 2.54. The zero-order valence-corrected chi connectivity index (χ0v) is 20.1. The molecule has 0 saturated heterocycles. The smallest absolute Gasteiger partial charge is 0.0749 e. The van der Waals surface area contributed by atoms with Gasteiger partial charge in [0.1, 0.15) is 0 Å². The molecule has 1 nitrogen and oxygen atoms in total. The summed E-state index contributed by atoms with van der Waals surface area (Å²) in [5.41, 5.74) is 13.1. The number of benzene rings is 4. The van der Waals surface area contributed by atoms with E-state index in [0.717, 1.165) is 5.69 Å². The highest BCUT2D eigenvalue weighted by atomic mass is 14.7. The molecule has 0 spiro atoms.